The summed E-state index contributed by atoms with van der Waals surface area (Å²) in [6.45, 7) is 9.56. The summed E-state index contributed by atoms with van der Waals surface area (Å²) in [5.74, 6) is 6.49. The van der Waals surface area contributed by atoms with Gasteiger partial charge in [0.2, 0.25) is 5.91 Å². The fourth-order valence-electron chi connectivity index (χ4n) is 7.50. The zero-order chi connectivity index (χ0) is 17.5. The number of aliphatic imine (C=N–C) groups is 1. The van der Waals surface area contributed by atoms with Crippen LogP contribution in [0, 0.1) is 47.3 Å². The van der Waals surface area contributed by atoms with Crippen LogP contribution in [-0.2, 0) is 4.79 Å². The maximum Gasteiger partial charge on any atom is 0.231 e. The topological polar surface area (TPSA) is 32.7 Å². The number of rotatable bonds is 0. The monoisotopic (exact) mass is 342 g/mol. The van der Waals surface area contributed by atoms with Crippen LogP contribution < -0.4 is 0 Å². The molecule has 4 fully saturated rings. The summed E-state index contributed by atoms with van der Waals surface area (Å²) >= 11 is 0. The van der Waals surface area contributed by atoms with Gasteiger partial charge in [0.15, 0.2) is 0 Å². The van der Waals surface area contributed by atoms with Gasteiger partial charge in [0.05, 0.1) is 12.1 Å². The van der Waals surface area contributed by atoms with Crippen molar-refractivity contribution in [1.29, 1.82) is 0 Å². The third kappa shape index (κ3) is 2.04. The number of fused-ring (bicyclic) bond motifs is 4. The van der Waals surface area contributed by atoms with E-state index in [2.05, 4.69) is 32.6 Å². The van der Waals surface area contributed by atoms with E-state index in [9.17, 15) is 4.79 Å². The molecule has 5 aliphatic rings. The fourth-order valence-corrected chi connectivity index (χ4v) is 7.50. The van der Waals surface area contributed by atoms with Crippen LogP contribution in [0.4, 0.5) is 0 Å². The van der Waals surface area contributed by atoms with Gasteiger partial charge >= 0.3 is 0 Å². The summed E-state index contributed by atoms with van der Waals surface area (Å²) < 4.78 is 0. The summed E-state index contributed by atoms with van der Waals surface area (Å²) in [7, 11) is 0. The average Bonchev–Trinajstić information content (AvgIpc) is 3.03. The van der Waals surface area contributed by atoms with E-state index in [4.69, 9.17) is 4.99 Å². The zero-order valence-corrected chi connectivity index (χ0v) is 16.3. The summed E-state index contributed by atoms with van der Waals surface area (Å²) in [5.41, 5.74) is 0. The Morgan fingerprint density at radius 2 is 1.48 bits per heavy atom. The van der Waals surface area contributed by atoms with Crippen LogP contribution in [0.15, 0.2) is 4.99 Å². The molecule has 10 unspecified atom stereocenters. The lowest BCUT2D eigenvalue weighted by Crippen LogP contribution is -2.62. The van der Waals surface area contributed by atoms with E-state index in [1.54, 1.807) is 0 Å². The molecule has 0 bridgehead atoms. The maximum absolute atomic E-state index is 13.6. The van der Waals surface area contributed by atoms with Crippen LogP contribution in [0.1, 0.15) is 66.2 Å². The third-order valence-electron chi connectivity index (χ3n) is 9.28. The molecule has 1 saturated heterocycles. The quantitative estimate of drug-likeness (QED) is 0.643. The third-order valence-corrected chi connectivity index (χ3v) is 9.28. The number of amides is 1. The molecule has 0 radical (unpaired) electrons. The SMILES string of the molecule is CC1C(C)C(C)C2C(N=C3C4CCCC5CCCC(C(=O)N32)C54)C1C. The second kappa shape index (κ2) is 5.57. The minimum absolute atomic E-state index is 0.305. The first-order valence-corrected chi connectivity index (χ1v) is 10.9. The molecule has 2 heterocycles. The van der Waals surface area contributed by atoms with Crippen molar-refractivity contribution < 1.29 is 4.79 Å². The summed E-state index contributed by atoms with van der Waals surface area (Å²) in [4.78, 5) is 21.2. The Kier molecular flexibility index (Phi) is 3.63. The van der Waals surface area contributed by atoms with Gasteiger partial charge in [0.25, 0.3) is 0 Å². The molecule has 138 valence electrons. The number of piperidine rings is 1. The zero-order valence-electron chi connectivity index (χ0n) is 16.3. The van der Waals surface area contributed by atoms with Crippen molar-refractivity contribution in [1.82, 2.24) is 4.90 Å². The molecule has 2 aliphatic heterocycles. The highest BCUT2D eigenvalue weighted by molar-refractivity contribution is 6.05. The lowest BCUT2D eigenvalue weighted by atomic mass is 9.58. The predicted molar refractivity (Wildman–Crippen MR) is 100 cm³/mol. The molecule has 3 nitrogen and oxygen atoms in total. The van der Waals surface area contributed by atoms with Crippen molar-refractivity contribution in [2.24, 2.45) is 52.3 Å². The van der Waals surface area contributed by atoms with E-state index in [1.165, 1.54) is 37.9 Å². The standard InChI is InChI=1S/C22H34N2O/c1-11-12(2)14(4)20-19(13(11)3)23-21-16-9-5-7-15-8-6-10-17(18(15)16)22(25)24(20)21/h11-20H,5-10H2,1-4H3. The van der Waals surface area contributed by atoms with Gasteiger partial charge in [-0.1, -0.05) is 53.4 Å². The number of nitrogens with zero attached hydrogens (tertiary/aromatic N) is 2. The first-order chi connectivity index (χ1) is 12.0. The molecular formula is C22H34N2O. The van der Waals surface area contributed by atoms with Crippen LogP contribution in [0.25, 0.3) is 0 Å². The largest absolute Gasteiger partial charge is 0.295 e. The van der Waals surface area contributed by atoms with Gasteiger partial charge in [-0.15, -0.1) is 0 Å². The molecule has 3 aliphatic carbocycles. The minimum Gasteiger partial charge on any atom is -0.295 e. The van der Waals surface area contributed by atoms with E-state index >= 15 is 0 Å². The second-order valence-electron chi connectivity index (χ2n) is 10.0. The van der Waals surface area contributed by atoms with Crippen molar-refractivity contribution in [3.05, 3.63) is 0 Å². The summed E-state index contributed by atoms with van der Waals surface area (Å²) in [6, 6.07) is 0.688. The first kappa shape index (κ1) is 16.3. The van der Waals surface area contributed by atoms with Gasteiger partial charge in [-0.05, 0) is 48.3 Å². The Morgan fingerprint density at radius 3 is 2.20 bits per heavy atom. The molecule has 5 rings (SSSR count). The van der Waals surface area contributed by atoms with Crippen LogP contribution in [-0.4, -0.2) is 28.7 Å². The summed E-state index contributed by atoms with van der Waals surface area (Å²) in [5, 5.41) is 0. The summed E-state index contributed by atoms with van der Waals surface area (Å²) in [6.07, 6.45) is 7.71. The van der Waals surface area contributed by atoms with E-state index in [0.717, 1.165) is 12.3 Å². The van der Waals surface area contributed by atoms with Crippen molar-refractivity contribution in [2.45, 2.75) is 78.3 Å². The highest BCUT2D eigenvalue weighted by Gasteiger charge is 2.59. The van der Waals surface area contributed by atoms with Crippen LogP contribution >= 0.6 is 0 Å². The van der Waals surface area contributed by atoms with Crippen molar-refractivity contribution >= 4 is 11.7 Å². The van der Waals surface area contributed by atoms with Gasteiger partial charge in [-0.3, -0.25) is 14.7 Å². The molecule has 0 aromatic rings. The lowest BCUT2D eigenvalue weighted by molar-refractivity contribution is -0.144. The van der Waals surface area contributed by atoms with Gasteiger partial charge in [-0.2, -0.15) is 0 Å². The second-order valence-corrected chi connectivity index (χ2v) is 10.0. The maximum atomic E-state index is 13.6. The van der Waals surface area contributed by atoms with Crippen LogP contribution in [0.3, 0.4) is 0 Å². The molecule has 0 spiro atoms. The van der Waals surface area contributed by atoms with Crippen molar-refractivity contribution in [3.63, 3.8) is 0 Å². The van der Waals surface area contributed by atoms with E-state index in [0.29, 0.717) is 59.4 Å². The molecule has 0 aromatic heterocycles. The van der Waals surface area contributed by atoms with Crippen molar-refractivity contribution in [2.75, 3.05) is 0 Å². The van der Waals surface area contributed by atoms with Crippen LogP contribution in [0.5, 0.6) is 0 Å². The van der Waals surface area contributed by atoms with E-state index < -0.39 is 0 Å². The predicted octanol–water partition coefficient (Wildman–Crippen LogP) is 4.37. The number of carbonyl (C=O) groups is 1. The molecular weight excluding hydrogens is 308 g/mol. The number of carbonyl (C=O) groups excluding carboxylic acids is 1. The van der Waals surface area contributed by atoms with Gasteiger partial charge in [-0.25, -0.2) is 0 Å². The van der Waals surface area contributed by atoms with Crippen molar-refractivity contribution in [3.8, 4) is 0 Å². The Balaban J connectivity index is 1.58. The Hall–Kier alpha value is -0.860. The minimum atomic E-state index is 0.305. The first-order valence-electron chi connectivity index (χ1n) is 10.9. The number of amidine groups is 1. The molecule has 0 N–H and O–H groups in total. The Labute approximate surface area is 152 Å². The molecule has 3 heteroatoms. The van der Waals surface area contributed by atoms with Gasteiger partial charge in [0, 0.05) is 11.8 Å². The highest BCUT2D eigenvalue weighted by atomic mass is 16.2. The molecule has 1 amide bonds. The van der Waals surface area contributed by atoms with Gasteiger partial charge in [0.1, 0.15) is 5.84 Å². The average molecular weight is 343 g/mol. The lowest BCUT2D eigenvalue weighted by Gasteiger charge is -2.53. The molecule has 10 atom stereocenters. The normalized spacial score (nSPS) is 54.5. The fraction of sp³-hybridized carbons (Fsp3) is 0.909. The smallest absolute Gasteiger partial charge is 0.231 e. The van der Waals surface area contributed by atoms with E-state index in [-0.39, 0.29) is 0 Å². The van der Waals surface area contributed by atoms with Crippen LogP contribution in [0.2, 0.25) is 0 Å². The highest BCUT2D eigenvalue weighted by Crippen LogP contribution is 2.55. The Morgan fingerprint density at radius 1 is 0.840 bits per heavy atom. The number of hydrogen-bond donors (Lipinski definition) is 0. The van der Waals surface area contributed by atoms with E-state index in [1.807, 2.05) is 0 Å². The Bertz CT molecular complexity index is 611. The van der Waals surface area contributed by atoms with Gasteiger partial charge < -0.3 is 0 Å². The molecule has 25 heavy (non-hydrogen) atoms. The molecule has 3 saturated carbocycles. The number of hydrogen-bond acceptors (Lipinski definition) is 2. The molecule has 0 aromatic carbocycles.